The van der Waals surface area contributed by atoms with Crippen molar-refractivity contribution in [2.45, 2.75) is 6.42 Å². The van der Waals surface area contributed by atoms with Gasteiger partial charge in [0.2, 0.25) is 0 Å². The molecule has 1 radical (unpaired) electrons. The van der Waals surface area contributed by atoms with Crippen molar-refractivity contribution in [2.24, 2.45) is 5.41 Å². The van der Waals surface area contributed by atoms with E-state index >= 15 is 0 Å². The molecule has 1 spiro atoms. The van der Waals surface area contributed by atoms with E-state index in [0.717, 1.165) is 26.3 Å². The second-order valence-electron chi connectivity index (χ2n) is 3.30. The van der Waals surface area contributed by atoms with Crippen LogP contribution < -0.4 is 0 Å². The first-order valence-corrected chi connectivity index (χ1v) is 3.44. The van der Waals surface area contributed by atoms with Crippen LogP contribution in [0.3, 0.4) is 0 Å². The van der Waals surface area contributed by atoms with Crippen LogP contribution in [0.2, 0.25) is 0 Å². The van der Waals surface area contributed by atoms with Gasteiger partial charge in [-0.05, 0) is 13.0 Å². The van der Waals surface area contributed by atoms with E-state index in [0.29, 0.717) is 5.41 Å². The Morgan fingerprint density at radius 2 is 2.22 bits per heavy atom. The zero-order chi connectivity index (χ0) is 6.32. The lowest BCUT2D eigenvalue weighted by Crippen LogP contribution is -2.43. The molecule has 2 saturated heterocycles. The van der Waals surface area contributed by atoms with Crippen LogP contribution >= 0.6 is 0 Å². The van der Waals surface area contributed by atoms with Gasteiger partial charge in [-0.25, -0.2) is 0 Å². The molecule has 2 aliphatic heterocycles. The van der Waals surface area contributed by atoms with Crippen LogP contribution in [0.15, 0.2) is 0 Å². The lowest BCUT2D eigenvalue weighted by atomic mass is 9.85. The number of ether oxygens (including phenoxy) is 1. The number of likely N-dealkylation sites (tertiary alicyclic amines) is 1. The third-order valence-corrected chi connectivity index (χ3v) is 2.33. The molecule has 0 aromatic heterocycles. The van der Waals surface area contributed by atoms with Gasteiger partial charge < -0.3 is 9.64 Å². The molecule has 2 heterocycles. The van der Waals surface area contributed by atoms with Gasteiger partial charge in [-0.15, -0.1) is 0 Å². The molecule has 0 amide bonds. The topological polar surface area (TPSA) is 12.5 Å². The summed E-state index contributed by atoms with van der Waals surface area (Å²) in [5.41, 5.74) is 0.530. The second-order valence-corrected chi connectivity index (χ2v) is 3.30. The fraction of sp³-hybridized carbons (Fsp3) is 0.857. The summed E-state index contributed by atoms with van der Waals surface area (Å²) >= 11 is 0. The minimum absolute atomic E-state index is 0.530. The van der Waals surface area contributed by atoms with Crippen LogP contribution in [-0.2, 0) is 4.74 Å². The Balaban J connectivity index is 1.99. The maximum absolute atomic E-state index is 5.15. The molecule has 0 aromatic rings. The highest BCUT2D eigenvalue weighted by Gasteiger charge is 2.43. The highest BCUT2D eigenvalue weighted by molar-refractivity contribution is 4.94. The quantitative estimate of drug-likeness (QED) is 0.468. The van der Waals surface area contributed by atoms with E-state index < -0.39 is 0 Å². The number of nitrogens with zero attached hydrogens (tertiary/aromatic N) is 1. The maximum atomic E-state index is 5.15. The third kappa shape index (κ3) is 0.775. The molecule has 2 nitrogen and oxygen atoms in total. The summed E-state index contributed by atoms with van der Waals surface area (Å²) in [5, 5.41) is 0. The van der Waals surface area contributed by atoms with Gasteiger partial charge in [0.15, 0.2) is 0 Å². The summed E-state index contributed by atoms with van der Waals surface area (Å²) in [6, 6.07) is 0. The molecule has 2 fully saturated rings. The van der Waals surface area contributed by atoms with E-state index in [9.17, 15) is 0 Å². The van der Waals surface area contributed by atoms with E-state index in [1.165, 1.54) is 6.42 Å². The minimum atomic E-state index is 0.530. The van der Waals surface area contributed by atoms with Crippen molar-refractivity contribution in [2.75, 3.05) is 26.3 Å². The average Bonchev–Trinajstić information content (AvgIpc) is 2.09. The predicted octanol–water partition coefficient (Wildman–Crippen LogP) is 0.500. The average molecular weight is 126 g/mol. The monoisotopic (exact) mass is 126 g/mol. The Morgan fingerprint density at radius 1 is 1.44 bits per heavy atom. The zero-order valence-corrected chi connectivity index (χ0v) is 5.60. The Bertz CT molecular complexity index is 120. The van der Waals surface area contributed by atoms with E-state index in [1.807, 2.05) is 0 Å². The van der Waals surface area contributed by atoms with Crippen molar-refractivity contribution in [3.63, 3.8) is 0 Å². The van der Waals surface area contributed by atoms with Crippen molar-refractivity contribution in [1.29, 1.82) is 0 Å². The number of hydrogen-bond donors (Lipinski definition) is 0. The highest BCUT2D eigenvalue weighted by Crippen LogP contribution is 2.36. The summed E-state index contributed by atoms with van der Waals surface area (Å²) in [6.45, 7) is 4.24. The summed E-state index contributed by atoms with van der Waals surface area (Å²) in [5.74, 6) is 0. The van der Waals surface area contributed by atoms with Crippen LogP contribution in [0.5, 0.6) is 0 Å². The molecule has 0 aliphatic carbocycles. The Labute approximate surface area is 55.8 Å². The molecule has 51 valence electrons. The number of rotatable bonds is 0. The first-order valence-electron chi connectivity index (χ1n) is 3.44. The highest BCUT2D eigenvalue weighted by atomic mass is 16.5. The van der Waals surface area contributed by atoms with E-state index in [-0.39, 0.29) is 0 Å². The molecule has 0 unspecified atom stereocenters. The van der Waals surface area contributed by atoms with Gasteiger partial charge in [-0.1, -0.05) is 0 Å². The normalized spacial score (nSPS) is 33.0. The molecule has 0 N–H and O–H groups in total. The van der Waals surface area contributed by atoms with Crippen LogP contribution in [-0.4, -0.2) is 31.2 Å². The van der Waals surface area contributed by atoms with Crippen molar-refractivity contribution in [3.05, 3.63) is 7.05 Å². The fourth-order valence-electron chi connectivity index (χ4n) is 1.65. The number of hydrogen-bond acceptors (Lipinski definition) is 2. The molecule has 0 saturated carbocycles. The van der Waals surface area contributed by atoms with Crippen LogP contribution in [0.25, 0.3) is 0 Å². The molecule has 2 aliphatic rings. The largest absolute Gasteiger partial charge is 0.380 e. The molecule has 0 bridgehead atoms. The van der Waals surface area contributed by atoms with Gasteiger partial charge in [0.25, 0.3) is 0 Å². The summed E-state index contributed by atoms with van der Waals surface area (Å²) in [7, 11) is 3.89. The molecule has 2 heteroatoms. The van der Waals surface area contributed by atoms with Gasteiger partial charge in [0.05, 0.1) is 13.2 Å². The van der Waals surface area contributed by atoms with Crippen molar-refractivity contribution < 1.29 is 4.74 Å². The smallest absolute Gasteiger partial charge is 0.0557 e. The van der Waals surface area contributed by atoms with Crippen molar-refractivity contribution in [3.8, 4) is 0 Å². The van der Waals surface area contributed by atoms with Crippen LogP contribution in [0, 0.1) is 12.5 Å². The van der Waals surface area contributed by atoms with Crippen LogP contribution in [0.4, 0.5) is 0 Å². The van der Waals surface area contributed by atoms with Crippen molar-refractivity contribution in [1.82, 2.24) is 4.90 Å². The van der Waals surface area contributed by atoms with Gasteiger partial charge in [-0.3, -0.25) is 0 Å². The lowest BCUT2D eigenvalue weighted by Gasteiger charge is -2.37. The standard InChI is InChI=1S/C7H12NO/c1-8-3-2-7(4-8)5-9-6-7/h1-6H2. The molecular formula is C7H12NO. The molecular weight excluding hydrogens is 114 g/mol. The zero-order valence-electron chi connectivity index (χ0n) is 5.60. The lowest BCUT2D eigenvalue weighted by molar-refractivity contribution is -0.103. The molecule has 0 atom stereocenters. The fourth-order valence-corrected chi connectivity index (χ4v) is 1.65. The van der Waals surface area contributed by atoms with Crippen LogP contribution in [0.1, 0.15) is 6.42 Å². The maximum Gasteiger partial charge on any atom is 0.0557 e. The van der Waals surface area contributed by atoms with Gasteiger partial charge >= 0.3 is 0 Å². The Hall–Kier alpha value is -0.0800. The molecule has 9 heavy (non-hydrogen) atoms. The minimum Gasteiger partial charge on any atom is -0.380 e. The Kier molecular flexibility index (Phi) is 1.08. The van der Waals surface area contributed by atoms with Crippen molar-refractivity contribution >= 4 is 0 Å². The van der Waals surface area contributed by atoms with Gasteiger partial charge in [-0.2, -0.15) is 0 Å². The first-order chi connectivity index (χ1) is 4.31. The second kappa shape index (κ2) is 1.70. The van der Waals surface area contributed by atoms with E-state index in [1.54, 1.807) is 0 Å². The molecule has 0 aromatic carbocycles. The predicted molar refractivity (Wildman–Crippen MR) is 34.8 cm³/mol. The van der Waals surface area contributed by atoms with Gasteiger partial charge in [0, 0.05) is 19.0 Å². The third-order valence-electron chi connectivity index (χ3n) is 2.33. The molecule has 2 rings (SSSR count). The first kappa shape index (κ1) is 5.69. The van der Waals surface area contributed by atoms with E-state index in [2.05, 4.69) is 11.9 Å². The summed E-state index contributed by atoms with van der Waals surface area (Å²) < 4.78 is 5.15. The van der Waals surface area contributed by atoms with Gasteiger partial charge in [0.1, 0.15) is 0 Å². The summed E-state index contributed by atoms with van der Waals surface area (Å²) in [4.78, 5) is 2.14. The Morgan fingerprint density at radius 3 is 2.44 bits per heavy atom. The SMILES string of the molecule is [CH2]N1CCC2(COC2)C1. The summed E-state index contributed by atoms with van der Waals surface area (Å²) in [6.07, 6.45) is 1.29. The van der Waals surface area contributed by atoms with E-state index in [4.69, 9.17) is 4.74 Å².